The summed E-state index contributed by atoms with van der Waals surface area (Å²) in [5.41, 5.74) is 2.01. The van der Waals surface area contributed by atoms with Gasteiger partial charge in [0, 0.05) is 30.2 Å². The van der Waals surface area contributed by atoms with Gasteiger partial charge in [-0.15, -0.1) is 0 Å². The van der Waals surface area contributed by atoms with Gasteiger partial charge in [-0.1, -0.05) is 67.6 Å². The van der Waals surface area contributed by atoms with Crippen LogP contribution in [0.1, 0.15) is 55.4 Å². The summed E-state index contributed by atoms with van der Waals surface area (Å²) in [6.45, 7) is 8.46. The Morgan fingerprint density at radius 3 is 2.72 bits per heavy atom. The number of amides is 1. The lowest BCUT2D eigenvalue weighted by atomic mass is 9.98. The zero-order chi connectivity index (χ0) is 26.0. The summed E-state index contributed by atoms with van der Waals surface area (Å²) in [6.07, 6.45) is 4.74. The Hall–Kier alpha value is -2.60. The van der Waals surface area contributed by atoms with Gasteiger partial charge in [-0.2, -0.15) is 5.26 Å². The zero-order valence-corrected chi connectivity index (χ0v) is 23.1. The monoisotopic (exact) mass is 540 g/mol. The van der Waals surface area contributed by atoms with Gasteiger partial charge in [0.1, 0.15) is 21.8 Å². The number of thiocarbonyl (C=S) groups is 1. The number of hydrogen-bond acceptors (Lipinski definition) is 6. The van der Waals surface area contributed by atoms with Crippen molar-refractivity contribution in [1.29, 1.82) is 5.26 Å². The van der Waals surface area contributed by atoms with Crippen molar-refractivity contribution in [1.82, 2.24) is 9.47 Å². The van der Waals surface area contributed by atoms with Crippen LogP contribution in [0.3, 0.4) is 0 Å². The van der Waals surface area contributed by atoms with E-state index in [0.29, 0.717) is 32.3 Å². The van der Waals surface area contributed by atoms with Crippen molar-refractivity contribution in [2.24, 2.45) is 5.92 Å². The molecule has 0 aliphatic carbocycles. The Morgan fingerprint density at radius 1 is 1.31 bits per heavy atom. The van der Waals surface area contributed by atoms with Crippen molar-refractivity contribution in [3.05, 3.63) is 66.8 Å². The summed E-state index contributed by atoms with van der Waals surface area (Å²) in [6, 6.07) is 9.51. The van der Waals surface area contributed by atoms with Crippen LogP contribution in [0.4, 0.5) is 5.82 Å². The van der Waals surface area contributed by atoms with Crippen molar-refractivity contribution in [3.8, 4) is 6.07 Å². The van der Waals surface area contributed by atoms with Crippen LogP contribution in [0.15, 0.2) is 34.0 Å². The molecule has 0 bridgehead atoms. The van der Waals surface area contributed by atoms with Gasteiger partial charge in [0.25, 0.3) is 11.5 Å². The van der Waals surface area contributed by atoms with Crippen LogP contribution in [-0.2, 0) is 17.9 Å². The molecule has 0 saturated carbocycles. The number of carbonyl (C=O) groups is 1. The van der Waals surface area contributed by atoms with Gasteiger partial charge in [-0.25, -0.2) is 0 Å². The van der Waals surface area contributed by atoms with E-state index >= 15 is 0 Å². The van der Waals surface area contributed by atoms with Crippen molar-refractivity contribution in [2.75, 3.05) is 18.0 Å². The highest BCUT2D eigenvalue weighted by molar-refractivity contribution is 8.26. The lowest BCUT2D eigenvalue weighted by Crippen LogP contribution is -2.40. The van der Waals surface area contributed by atoms with E-state index in [-0.39, 0.29) is 23.6 Å². The third kappa shape index (κ3) is 5.10. The number of benzene rings is 1. The molecule has 9 heteroatoms. The minimum absolute atomic E-state index is 0.120. The highest BCUT2D eigenvalue weighted by Crippen LogP contribution is 2.37. The normalized spacial score (nSPS) is 19.3. The fourth-order valence-corrected chi connectivity index (χ4v) is 6.29. The molecule has 36 heavy (non-hydrogen) atoms. The number of thioether (sulfide) groups is 1. The lowest BCUT2D eigenvalue weighted by molar-refractivity contribution is -0.122. The van der Waals surface area contributed by atoms with Gasteiger partial charge in [0.2, 0.25) is 0 Å². The molecule has 0 radical (unpaired) electrons. The number of rotatable bonds is 6. The summed E-state index contributed by atoms with van der Waals surface area (Å²) in [5, 5.41) is 10.4. The van der Waals surface area contributed by atoms with Crippen molar-refractivity contribution >= 4 is 57.7 Å². The first-order chi connectivity index (χ1) is 17.3. The van der Waals surface area contributed by atoms with E-state index in [9.17, 15) is 14.9 Å². The van der Waals surface area contributed by atoms with Gasteiger partial charge in [0.05, 0.1) is 11.4 Å². The van der Waals surface area contributed by atoms with E-state index in [0.717, 1.165) is 49.3 Å². The molecule has 1 aromatic carbocycles. The fourth-order valence-electron chi connectivity index (χ4n) is 4.86. The predicted octanol–water partition coefficient (Wildman–Crippen LogP) is 5.73. The van der Waals surface area contributed by atoms with E-state index in [1.54, 1.807) is 22.5 Å². The average molecular weight is 541 g/mol. The van der Waals surface area contributed by atoms with Crippen molar-refractivity contribution in [3.63, 3.8) is 0 Å². The van der Waals surface area contributed by atoms with Gasteiger partial charge >= 0.3 is 0 Å². The van der Waals surface area contributed by atoms with Crippen LogP contribution < -0.4 is 10.5 Å². The molecule has 1 aromatic heterocycles. The lowest BCUT2D eigenvalue weighted by Gasteiger charge is -2.36. The molecule has 2 fully saturated rings. The molecule has 2 saturated heterocycles. The van der Waals surface area contributed by atoms with Crippen LogP contribution in [0.25, 0.3) is 6.08 Å². The van der Waals surface area contributed by atoms with Gasteiger partial charge < -0.3 is 4.90 Å². The second-order valence-corrected chi connectivity index (χ2v) is 11.4. The number of aromatic nitrogens is 1. The average Bonchev–Trinajstić information content (AvgIpc) is 3.11. The van der Waals surface area contributed by atoms with E-state index in [2.05, 4.69) is 17.9 Å². The number of carbonyl (C=O) groups excluding carboxylic acids is 1. The van der Waals surface area contributed by atoms with Gasteiger partial charge in [-0.3, -0.25) is 19.1 Å². The second kappa shape index (κ2) is 11.2. The molecule has 1 atom stereocenters. The zero-order valence-electron chi connectivity index (χ0n) is 20.7. The number of hydrogen-bond donors (Lipinski definition) is 0. The molecule has 4 rings (SSSR count). The molecule has 1 amide bonds. The molecule has 2 aromatic rings. The SMILES string of the molecule is CCCn1c(N2CCCC(C)C2)c(C=C2SC(=S)N(Cc3ccccc3Cl)C2=O)c(C)c(C#N)c1=O. The Morgan fingerprint density at radius 2 is 2.06 bits per heavy atom. The quantitative estimate of drug-likeness (QED) is 0.344. The molecule has 0 spiro atoms. The highest BCUT2D eigenvalue weighted by atomic mass is 35.5. The number of halogens is 1. The van der Waals surface area contributed by atoms with Crippen molar-refractivity contribution in [2.45, 2.75) is 53.1 Å². The molecule has 2 aliphatic heterocycles. The Labute approximate surface area is 226 Å². The Kier molecular flexibility index (Phi) is 8.23. The number of nitriles is 1. The van der Waals surface area contributed by atoms with Crippen LogP contribution in [0.5, 0.6) is 0 Å². The fraction of sp³-hybridized carbons (Fsp3) is 0.407. The Bertz CT molecular complexity index is 1340. The van der Waals surface area contributed by atoms with Crippen molar-refractivity contribution < 1.29 is 4.79 Å². The number of pyridine rings is 1. The minimum Gasteiger partial charge on any atom is -0.357 e. The summed E-state index contributed by atoms with van der Waals surface area (Å²) in [7, 11) is 0. The maximum absolute atomic E-state index is 13.5. The maximum Gasteiger partial charge on any atom is 0.270 e. The molecule has 0 N–H and O–H groups in total. The van der Waals surface area contributed by atoms with E-state index < -0.39 is 0 Å². The minimum atomic E-state index is -0.270. The summed E-state index contributed by atoms with van der Waals surface area (Å²) >= 11 is 13.1. The molecule has 3 heterocycles. The number of nitrogens with zero attached hydrogens (tertiary/aromatic N) is 4. The van der Waals surface area contributed by atoms with Crippen LogP contribution >= 0.6 is 35.6 Å². The smallest absolute Gasteiger partial charge is 0.270 e. The Balaban J connectivity index is 1.83. The van der Waals surface area contributed by atoms with E-state index in [1.807, 2.05) is 31.2 Å². The summed E-state index contributed by atoms with van der Waals surface area (Å²) in [5.74, 6) is 1.08. The molecule has 1 unspecified atom stereocenters. The standard InChI is InChI=1S/C27H29ClN4O2S2/c1-4-11-31-24(30-12-7-8-17(2)15-30)20(18(3)21(14-29)25(31)33)13-23-26(34)32(27(35)36-23)16-19-9-5-6-10-22(19)28/h5-6,9-10,13,17H,4,7-8,11-12,15-16H2,1-3H3. The highest BCUT2D eigenvalue weighted by Gasteiger charge is 2.34. The van der Waals surface area contributed by atoms with E-state index in [1.165, 1.54) is 11.8 Å². The first-order valence-corrected chi connectivity index (χ1v) is 13.8. The molecular formula is C27H29ClN4O2S2. The third-order valence-corrected chi connectivity index (χ3v) is 8.43. The summed E-state index contributed by atoms with van der Waals surface area (Å²) in [4.78, 5) is 31.1. The first kappa shape index (κ1) is 26.5. The third-order valence-electron chi connectivity index (χ3n) is 6.69. The van der Waals surface area contributed by atoms with Gasteiger partial charge in [-0.05, 0) is 55.4 Å². The van der Waals surface area contributed by atoms with E-state index in [4.69, 9.17) is 23.8 Å². The maximum atomic E-state index is 13.5. The molecule has 6 nitrogen and oxygen atoms in total. The van der Waals surface area contributed by atoms with Gasteiger partial charge in [0.15, 0.2) is 0 Å². The largest absolute Gasteiger partial charge is 0.357 e. The molecular weight excluding hydrogens is 512 g/mol. The second-order valence-electron chi connectivity index (χ2n) is 9.36. The first-order valence-electron chi connectivity index (χ1n) is 12.2. The van der Waals surface area contributed by atoms with Crippen LogP contribution in [0, 0.1) is 24.2 Å². The molecule has 188 valence electrons. The predicted molar refractivity (Wildman–Crippen MR) is 151 cm³/mol. The number of piperidine rings is 1. The molecule has 2 aliphatic rings. The summed E-state index contributed by atoms with van der Waals surface area (Å²) < 4.78 is 2.18. The topological polar surface area (TPSA) is 69.3 Å². The number of anilines is 1. The van der Waals surface area contributed by atoms with Crippen LogP contribution in [0.2, 0.25) is 5.02 Å². The van der Waals surface area contributed by atoms with Crippen LogP contribution in [-0.4, -0.2) is 32.8 Å².